The van der Waals surface area contributed by atoms with Crippen LogP contribution >= 0.6 is 0 Å². The molecule has 0 rings (SSSR count). The summed E-state index contributed by atoms with van der Waals surface area (Å²) >= 11 is 0. The molecule has 0 aliphatic heterocycles. The third-order valence-electron chi connectivity index (χ3n) is 15.9. The number of carbonyl (C=O) groups is 3. The van der Waals surface area contributed by atoms with Gasteiger partial charge in [-0.1, -0.05) is 328 Å². The molecule has 0 aromatic rings. The van der Waals surface area contributed by atoms with Gasteiger partial charge in [-0.3, -0.25) is 14.4 Å². The first-order valence-electron chi connectivity index (χ1n) is 34.8. The van der Waals surface area contributed by atoms with Gasteiger partial charge in [0.15, 0.2) is 6.10 Å². The maximum atomic E-state index is 12.8. The van der Waals surface area contributed by atoms with E-state index in [0.717, 1.165) is 64.2 Å². The summed E-state index contributed by atoms with van der Waals surface area (Å²) in [6, 6.07) is 0. The molecule has 0 heterocycles. The number of esters is 3. The molecule has 1 atom stereocenters. The van der Waals surface area contributed by atoms with E-state index >= 15 is 0 Å². The molecule has 1 unspecified atom stereocenters. The summed E-state index contributed by atoms with van der Waals surface area (Å²) in [6.07, 6.45) is 80.9. The second-order valence-corrected chi connectivity index (χ2v) is 23.8. The van der Waals surface area contributed by atoms with Crippen molar-refractivity contribution in [2.24, 2.45) is 0 Å². The smallest absolute Gasteiger partial charge is 0.306 e. The third kappa shape index (κ3) is 64.6. The molecule has 0 radical (unpaired) electrons. The Morgan fingerprint density at radius 2 is 0.429 bits per heavy atom. The zero-order valence-corrected chi connectivity index (χ0v) is 52.3. The van der Waals surface area contributed by atoms with Gasteiger partial charge >= 0.3 is 17.9 Å². The van der Waals surface area contributed by atoms with Crippen molar-refractivity contribution in [2.45, 2.75) is 399 Å². The Labute approximate surface area is 481 Å². The average Bonchev–Trinajstić information content (AvgIpc) is 3.43. The van der Waals surface area contributed by atoms with Gasteiger partial charge in [-0.2, -0.15) is 0 Å². The second-order valence-electron chi connectivity index (χ2n) is 23.8. The van der Waals surface area contributed by atoms with E-state index in [1.54, 1.807) is 0 Å². The Balaban J connectivity index is 3.97. The predicted molar refractivity (Wildman–Crippen MR) is 335 cm³/mol. The Kier molecular flexibility index (Phi) is 64.6. The van der Waals surface area contributed by atoms with Crippen molar-refractivity contribution in [2.75, 3.05) is 13.2 Å². The Bertz CT molecular complexity index is 1240. The van der Waals surface area contributed by atoms with Gasteiger partial charge in [0, 0.05) is 19.3 Å². The van der Waals surface area contributed by atoms with Crippen molar-refractivity contribution in [3.05, 3.63) is 24.3 Å². The minimum absolute atomic E-state index is 0.0685. The Morgan fingerprint density at radius 1 is 0.247 bits per heavy atom. The highest BCUT2D eigenvalue weighted by Gasteiger charge is 2.19. The predicted octanol–water partition coefficient (Wildman–Crippen LogP) is 23.8. The number of hydrogen-bond donors (Lipinski definition) is 0. The largest absolute Gasteiger partial charge is 0.462 e. The maximum absolute atomic E-state index is 12.8. The second kappa shape index (κ2) is 66.4. The van der Waals surface area contributed by atoms with E-state index in [1.165, 1.54) is 289 Å². The number of ether oxygens (including phenoxy) is 3. The molecule has 0 aliphatic carbocycles. The van der Waals surface area contributed by atoms with Gasteiger partial charge in [-0.25, -0.2) is 0 Å². The van der Waals surface area contributed by atoms with Crippen molar-refractivity contribution < 1.29 is 28.6 Å². The third-order valence-corrected chi connectivity index (χ3v) is 15.9. The van der Waals surface area contributed by atoms with Crippen molar-refractivity contribution in [3.63, 3.8) is 0 Å². The molecule has 0 spiro atoms. The van der Waals surface area contributed by atoms with E-state index < -0.39 is 6.10 Å². The maximum Gasteiger partial charge on any atom is 0.306 e. The highest BCUT2D eigenvalue weighted by atomic mass is 16.6. The molecule has 6 heteroatoms. The molecule has 0 aromatic carbocycles. The molecule has 0 saturated carbocycles. The fourth-order valence-electron chi connectivity index (χ4n) is 10.7. The topological polar surface area (TPSA) is 78.9 Å². The minimum Gasteiger partial charge on any atom is -0.462 e. The number of carbonyl (C=O) groups excluding carboxylic acids is 3. The first-order valence-corrected chi connectivity index (χ1v) is 34.8. The zero-order valence-electron chi connectivity index (χ0n) is 52.3. The summed E-state index contributed by atoms with van der Waals surface area (Å²) < 4.78 is 16.9. The fraction of sp³-hybridized carbons (Fsp3) is 0.901. The molecule has 0 bridgehead atoms. The van der Waals surface area contributed by atoms with Crippen LogP contribution in [0.5, 0.6) is 0 Å². The number of allylic oxidation sites excluding steroid dienone is 4. The van der Waals surface area contributed by atoms with Gasteiger partial charge in [-0.05, 0) is 70.6 Å². The zero-order chi connectivity index (χ0) is 55.7. The minimum atomic E-state index is -0.770. The number of rotatable bonds is 65. The summed E-state index contributed by atoms with van der Waals surface area (Å²) in [4.78, 5) is 38.2. The first kappa shape index (κ1) is 74.9. The summed E-state index contributed by atoms with van der Waals surface area (Å²) in [5.74, 6) is -0.853. The summed E-state index contributed by atoms with van der Waals surface area (Å²) in [7, 11) is 0. The van der Waals surface area contributed by atoms with E-state index in [-0.39, 0.29) is 31.1 Å². The summed E-state index contributed by atoms with van der Waals surface area (Å²) in [6.45, 7) is 6.67. The quantitative estimate of drug-likeness (QED) is 0.0261. The number of unbranched alkanes of at least 4 members (excludes halogenated alkanes) is 50. The molecule has 0 saturated heterocycles. The number of hydrogen-bond acceptors (Lipinski definition) is 6. The summed E-state index contributed by atoms with van der Waals surface area (Å²) in [5, 5.41) is 0. The van der Waals surface area contributed by atoms with Crippen LogP contribution in [0.1, 0.15) is 393 Å². The standard InChI is InChI=1S/C71H134O6/c1-4-7-10-13-16-19-22-24-25-26-27-28-29-30-31-32-33-34-35-36-37-38-39-40-41-42-43-44-45-47-49-52-55-58-61-64-70(73)76-67-68(66-75-69(72)63-60-57-54-51-48-21-18-15-12-9-6-3)77-71(74)65-62-59-56-53-50-46-23-20-17-14-11-8-5-2/h20,23,26-27,68H,4-19,21-22,24-25,28-67H2,1-3H3/b23-20-,27-26-. The molecule has 0 aromatic heterocycles. The average molecular weight is 1080 g/mol. The van der Waals surface area contributed by atoms with Gasteiger partial charge in [0.25, 0.3) is 0 Å². The van der Waals surface area contributed by atoms with E-state index in [1.807, 2.05) is 0 Å². The van der Waals surface area contributed by atoms with Crippen molar-refractivity contribution >= 4 is 17.9 Å². The van der Waals surface area contributed by atoms with Crippen LogP contribution < -0.4 is 0 Å². The molecule has 0 aliphatic rings. The molecule has 6 nitrogen and oxygen atoms in total. The van der Waals surface area contributed by atoms with E-state index in [0.29, 0.717) is 19.3 Å². The Morgan fingerprint density at radius 3 is 0.662 bits per heavy atom. The molecule has 77 heavy (non-hydrogen) atoms. The Hall–Kier alpha value is -2.11. The van der Waals surface area contributed by atoms with Crippen LogP contribution in [0, 0.1) is 0 Å². The van der Waals surface area contributed by atoms with Crippen molar-refractivity contribution in [1.29, 1.82) is 0 Å². The highest BCUT2D eigenvalue weighted by Crippen LogP contribution is 2.18. The van der Waals surface area contributed by atoms with Gasteiger partial charge in [0.2, 0.25) is 0 Å². The van der Waals surface area contributed by atoms with Crippen LogP contribution in [0.2, 0.25) is 0 Å². The lowest BCUT2D eigenvalue weighted by atomic mass is 10.0. The first-order chi connectivity index (χ1) is 38.0. The van der Waals surface area contributed by atoms with Crippen LogP contribution in [0.4, 0.5) is 0 Å². The lowest BCUT2D eigenvalue weighted by Crippen LogP contribution is -2.30. The highest BCUT2D eigenvalue weighted by molar-refractivity contribution is 5.71. The molecule has 454 valence electrons. The summed E-state index contributed by atoms with van der Waals surface area (Å²) in [5.41, 5.74) is 0. The molecule has 0 amide bonds. The molecular weight excluding hydrogens is 949 g/mol. The molecule has 0 N–H and O–H groups in total. The molecule has 0 fully saturated rings. The van der Waals surface area contributed by atoms with Crippen molar-refractivity contribution in [1.82, 2.24) is 0 Å². The molecular formula is C71H134O6. The SMILES string of the molecule is CCCCCC/C=C\CCCCCCCC(=O)OC(COC(=O)CCCCCCCCCCCCC)COC(=O)CCCCCCCCCCCCCCCCCCCCCCCCC/C=C\CCCCCCCCCC. The van der Waals surface area contributed by atoms with E-state index in [2.05, 4.69) is 45.1 Å². The van der Waals surface area contributed by atoms with Gasteiger partial charge in [0.1, 0.15) is 13.2 Å². The normalized spacial score (nSPS) is 12.1. The van der Waals surface area contributed by atoms with Crippen LogP contribution in [0.25, 0.3) is 0 Å². The monoisotopic (exact) mass is 1080 g/mol. The van der Waals surface area contributed by atoms with E-state index in [9.17, 15) is 14.4 Å². The fourth-order valence-corrected chi connectivity index (χ4v) is 10.7. The van der Waals surface area contributed by atoms with Crippen LogP contribution in [-0.2, 0) is 28.6 Å². The van der Waals surface area contributed by atoms with Crippen molar-refractivity contribution in [3.8, 4) is 0 Å². The lowest BCUT2D eigenvalue weighted by molar-refractivity contribution is -0.167. The van der Waals surface area contributed by atoms with Crippen LogP contribution in [-0.4, -0.2) is 37.2 Å². The van der Waals surface area contributed by atoms with Crippen LogP contribution in [0.3, 0.4) is 0 Å². The van der Waals surface area contributed by atoms with Gasteiger partial charge in [-0.15, -0.1) is 0 Å². The van der Waals surface area contributed by atoms with Gasteiger partial charge < -0.3 is 14.2 Å². The van der Waals surface area contributed by atoms with E-state index in [4.69, 9.17) is 14.2 Å². The lowest BCUT2D eigenvalue weighted by Gasteiger charge is -2.18. The van der Waals surface area contributed by atoms with Gasteiger partial charge in [0.05, 0.1) is 0 Å². The van der Waals surface area contributed by atoms with Crippen LogP contribution in [0.15, 0.2) is 24.3 Å².